The first-order valence-corrected chi connectivity index (χ1v) is 8.58. The summed E-state index contributed by atoms with van der Waals surface area (Å²) in [5, 5.41) is 0. The van der Waals surface area contributed by atoms with Crippen LogP contribution in [-0.2, 0) is 4.79 Å². The van der Waals surface area contributed by atoms with Gasteiger partial charge >= 0.3 is 0 Å². The van der Waals surface area contributed by atoms with Crippen molar-refractivity contribution in [3.63, 3.8) is 0 Å². The lowest BCUT2D eigenvalue weighted by Gasteiger charge is -2.32. The van der Waals surface area contributed by atoms with Crippen LogP contribution in [0.1, 0.15) is 5.56 Å². The quantitative estimate of drug-likeness (QED) is 0.869. The third kappa shape index (κ3) is 4.31. The first kappa shape index (κ1) is 17.3. The zero-order valence-electron chi connectivity index (χ0n) is 14.9. The predicted molar refractivity (Wildman–Crippen MR) is 101 cm³/mol. The van der Waals surface area contributed by atoms with Crippen LogP contribution in [-0.4, -0.2) is 55.5 Å². The van der Waals surface area contributed by atoms with E-state index in [0.717, 1.165) is 48.6 Å². The Bertz CT molecular complexity index is 735. The molecule has 0 saturated carbocycles. The minimum atomic E-state index is 0.0449. The van der Waals surface area contributed by atoms with Gasteiger partial charge in [0.25, 0.3) is 5.91 Å². The summed E-state index contributed by atoms with van der Waals surface area (Å²) in [5.74, 6) is 0.745. The number of carbonyl (C=O) groups excluding carboxylic acids is 1. The van der Waals surface area contributed by atoms with E-state index in [1.807, 2.05) is 48.2 Å². The molecule has 0 spiro atoms. The second kappa shape index (κ2) is 7.57. The average Bonchev–Trinajstić information content (AvgIpc) is 2.63. The summed E-state index contributed by atoms with van der Waals surface area (Å²) in [4.78, 5) is 16.3. The molecule has 5 nitrogen and oxygen atoms in total. The molecule has 1 saturated heterocycles. The van der Waals surface area contributed by atoms with Gasteiger partial charge in [0.15, 0.2) is 6.61 Å². The van der Waals surface area contributed by atoms with E-state index in [2.05, 4.69) is 18.0 Å². The van der Waals surface area contributed by atoms with Crippen LogP contribution in [0.15, 0.2) is 42.5 Å². The number of aryl methyl sites for hydroxylation is 1. The van der Waals surface area contributed by atoms with Crippen LogP contribution >= 0.6 is 0 Å². The van der Waals surface area contributed by atoms with Crippen LogP contribution < -0.4 is 10.5 Å². The number of carbonyl (C=O) groups is 1. The van der Waals surface area contributed by atoms with E-state index in [1.165, 1.54) is 0 Å². The maximum Gasteiger partial charge on any atom is 0.260 e. The molecule has 2 aromatic carbocycles. The number of likely N-dealkylation sites (N-methyl/N-ethyl adjacent to an activating group) is 1. The summed E-state index contributed by atoms with van der Waals surface area (Å²) in [6.45, 7) is 5.45. The van der Waals surface area contributed by atoms with E-state index < -0.39 is 0 Å². The summed E-state index contributed by atoms with van der Waals surface area (Å²) in [6.07, 6.45) is 0. The van der Waals surface area contributed by atoms with Crippen molar-refractivity contribution in [2.24, 2.45) is 0 Å². The Morgan fingerprint density at radius 3 is 2.32 bits per heavy atom. The summed E-state index contributed by atoms with van der Waals surface area (Å²) in [7, 11) is 2.07. The molecule has 0 radical (unpaired) electrons. The van der Waals surface area contributed by atoms with Crippen LogP contribution in [0.4, 0.5) is 5.69 Å². The van der Waals surface area contributed by atoms with Crippen LogP contribution in [0.25, 0.3) is 11.1 Å². The molecular weight excluding hydrogens is 314 g/mol. The highest BCUT2D eigenvalue weighted by Gasteiger charge is 2.19. The zero-order chi connectivity index (χ0) is 17.8. The van der Waals surface area contributed by atoms with Crippen LogP contribution in [0.2, 0.25) is 0 Å². The highest BCUT2D eigenvalue weighted by molar-refractivity contribution is 5.78. The van der Waals surface area contributed by atoms with Crippen molar-refractivity contribution in [3.05, 3.63) is 48.0 Å². The van der Waals surface area contributed by atoms with E-state index in [9.17, 15) is 4.79 Å². The number of hydrogen-bond donors (Lipinski definition) is 1. The number of ether oxygens (including phenoxy) is 1. The standard InChI is InChI=1S/C20H25N3O2/c1-15-3-4-17(13-19(15)21)16-5-7-18(8-6-16)25-14-20(24)23-11-9-22(2)10-12-23/h3-8,13H,9-12,14,21H2,1-2H3. The van der Waals surface area contributed by atoms with Crippen molar-refractivity contribution in [2.45, 2.75) is 6.92 Å². The number of benzene rings is 2. The lowest BCUT2D eigenvalue weighted by Crippen LogP contribution is -2.48. The summed E-state index contributed by atoms with van der Waals surface area (Å²) in [5.41, 5.74) is 9.99. The topological polar surface area (TPSA) is 58.8 Å². The number of nitrogens with two attached hydrogens (primary N) is 1. The average molecular weight is 339 g/mol. The molecule has 5 heteroatoms. The van der Waals surface area contributed by atoms with E-state index in [-0.39, 0.29) is 12.5 Å². The van der Waals surface area contributed by atoms with Gasteiger partial charge in [0, 0.05) is 31.9 Å². The van der Waals surface area contributed by atoms with Gasteiger partial charge in [-0.15, -0.1) is 0 Å². The summed E-state index contributed by atoms with van der Waals surface area (Å²) >= 11 is 0. The summed E-state index contributed by atoms with van der Waals surface area (Å²) < 4.78 is 5.65. The zero-order valence-corrected chi connectivity index (χ0v) is 14.9. The van der Waals surface area contributed by atoms with Crippen molar-refractivity contribution >= 4 is 11.6 Å². The van der Waals surface area contributed by atoms with E-state index in [1.54, 1.807) is 0 Å². The molecule has 2 aromatic rings. The SMILES string of the molecule is Cc1ccc(-c2ccc(OCC(=O)N3CCN(C)CC3)cc2)cc1N. The highest BCUT2D eigenvalue weighted by Crippen LogP contribution is 2.25. The third-order valence-corrected chi connectivity index (χ3v) is 4.69. The number of nitrogens with zero attached hydrogens (tertiary/aromatic N) is 2. The second-order valence-corrected chi connectivity index (χ2v) is 6.57. The van der Waals surface area contributed by atoms with Crippen LogP contribution in [0.3, 0.4) is 0 Å². The van der Waals surface area contributed by atoms with Gasteiger partial charge in [-0.2, -0.15) is 0 Å². The van der Waals surface area contributed by atoms with Crippen molar-refractivity contribution in [2.75, 3.05) is 45.6 Å². The normalized spacial score (nSPS) is 15.2. The van der Waals surface area contributed by atoms with Crippen molar-refractivity contribution in [3.8, 4) is 16.9 Å². The number of hydrogen-bond acceptors (Lipinski definition) is 4. The first-order valence-electron chi connectivity index (χ1n) is 8.58. The first-order chi connectivity index (χ1) is 12.0. The predicted octanol–water partition coefficient (Wildman–Crippen LogP) is 2.40. The molecule has 0 bridgehead atoms. The lowest BCUT2D eigenvalue weighted by atomic mass is 10.0. The number of nitrogen functional groups attached to an aromatic ring is 1. The molecule has 2 N–H and O–H groups in total. The number of rotatable bonds is 4. The fourth-order valence-corrected chi connectivity index (χ4v) is 2.86. The molecular formula is C20H25N3O2. The summed E-state index contributed by atoms with van der Waals surface area (Å²) in [6, 6.07) is 13.8. The molecule has 0 unspecified atom stereocenters. The van der Waals surface area contributed by atoms with Gasteiger partial charge in [-0.1, -0.05) is 24.3 Å². The lowest BCUT2D eigenvalue weighted by molar-refractivity contribution is -0.134. The number of anilines is 1. The maximum absolute atomic E-state index is 12.2. The Labute approximate surface area is 149 Å². The molecule has 0 aromatic heterocycles. The maximum atomic E-state index is 12.2. The highest BCUT2D eigenvalue weighted by atomic mass is 16.5. The van der Waals surface area contributed by atoms with Crippen molar-refractivity contribution in [1.29, 1.82) is 0 Å². The number of piperazine rings is 1. The Hall–Kier alpha value is -2.53. The largest absolute Gasteiger partial charge is 0.484 e. The Balaban J connectivity index is 1.57. The van der Waals surface area contributed by atoms with Gasteiger partial charge in [-0.25, -0.2) is 0 Å². The van der Waals surface area contributed by atoms with Crippen molar-refractivity contribution < 1.29 is 9.53 Å². The molecule has 132 valence electrons. The van der Waals surface area contributed by atoms with Gasteiger partial charge in [0.05, 0.1) is 0 Å². The van der Waals surface area contributed by atoms with Gasteiger partial charge < -0.3 is 20.3 Å². The Morgan fingerprint density at radius 1 is 1.04 bits per heavy atom. The monoisotopic (exact) mass is 339 g/mol. The molecule has 1 amide bonds. The van der Waals surface area contributed by atoms with Crippen LogP contribution in [0, 0.1) is 6.92 Å². The van der Waals surface area contributed by atoms with E-state index in [4.69, 9.17) is 10.5 Å². The van der Waals surface area contributed by atoms with Gasteiger partial charge in [-0.3, -0.25) is 4.79 Å². The van der Waals surface area contributed by atoms with Gasteiger partial charge in [-0.05, 0) is 48.9 Å². The van der Waals surface area contributed by atoms with Gasteiger partial charge in [0.2, 0.25) is 0 Å². The molecule has 3 rings (SSSR count). The molecule has 1 aliphatic heterocycles. The Morgan fingerprint density at radius 2 is 1.68 bits per heavy atom. The van der Waals surface area contributed by atoms with Crippen molar-refractivity contribution in [1.82, 2.24) is 9.80 Å². The molecule has 0 aliphatic carbocycles. The number of amides is 1. The van der Waals surface area contributed by atoms with E-state index >= 15 is 0 Å². The smallest absolute Gasteiger partial charge is 0.260 e. The third-order valence-electron chi connectivity index (χ3n) is 4.69. The molecule has 0 atom stereocenters. The fourth-order valence-electron chi connectivity index (χ4n) is 2.86. The minimum absolute atomic E-state index is 0.0449. The minimum Gasteiger partial charge on any atom is -0.484 e. The molecule has 25 heavy (non-hydrogen) atoms. The second-order valence-electron chi connectivity index (χ2n) is 6.57. The Kier molecular flexibility index (Phi) is 5.24. The fraction of sp³-hybridized carbons (Fsp3) is 0.350. The van der Waals surface area contributed by atoms with E-state index in [0.29, 0.717) is 5.75 Å². The van der Waals surface area contributed by atoms with Gasteiger partial charge in [0.1, 0.15) is 5.75 Å². The molecule has 1 heterocycles. The van der Waals surface area contributed by atoms with Crippen LogP contribution in [0.5, 0.6) is 5.75 Å². The molecule has 1 aliphatic rings. The molecule has 1 fully saturated rings.